The summed E-state index contributed by atoms with van der Waals surface area (Å²) in [5.41, 5.74) is 1.02. The highest BCUT2D eigenvalue weighted by Gasteiger charge is 2.01. The second-order valence-electron chi connectivity index (χ2n) is 3.86. The molecule has 0 heterocycles. The zero-order valence-corrected chi connectivity index (χ0v) is 13.2. The number of hydrogen-bond acceptors (Lipinski definition) is 2. The molecule has 2 nitrogen and oxygen atoms in total. The first kappa shape index (κ1) is 14.3. The summed E-state index contributed by atoms with van der Waals surface area (Å²) in [7, 11) is 0. The lowest BCUT2D eigenvalue weighted by molar-refractivity contribution is 0.331. The maximum absolute atomic E-state index is 13.2. The van der Waals surface area contributed by atoms with Gasteiger partial charge in [-0.3, -0.25) is 0 Å². The number of nitrogens with one attached hydrogen (secondary N) is 1. The van der Waals surface area contributed by atoms with E-state index in [2.05, 4.69) is 37.2 Å². The monoisotopic (exact) mass is 387 g/mol. The average molecular weight is 389 g/mol. The van der Waals surface area contributed by atoms with Crippen molar-refractivity contribution in [2.45, 2.75) is 0 Å². The molecule has 2 aromatic carbocycles. The molecule has 100 valence electrons. The first-order valence-electron chi connectivity index (χ1n) is 5.72. The lowest BCUT2D eigenvalue weighted by Gasteiger charge is -2.09. The molecular formula is C14H12Br2FNO. The third-order valence-electron chi connectivity index (χ3n) is 2.44. The Hall–Kier alpha value is -1.07. The lowest BCUT2D eigenvalue weighted by atomic mass is 10.3. The van der Waals surface area contributed by atoms with Gasteiger partial charge in [-0.05, 0) is 52.3 Å². The highest BCUT2D eigenvalue weighted by atomic mass is 79.9. The van der Waals surface area contributed by atoms with Crippen molar-refractivity contribution in [3.63, 3.8) is 0 Å². The Kier molecular flexibility index (Phi) is 5.22. The molecule has 5 heteroatoms. The van der Waals surface area contributed by atoms with E-state index in [9.17, 15) is 4.39 Å². The Morgan fingerprint density at radius 3 is 2.47 bits per heavy atom. The maximum Gasteiger partial charge on any atom is 0.141 e. The minimum atomic E-state index is -0.321. The quantitative estimate of drug-likeness (QED) is 0.740. The van der Waals surface area contributed by atoms with Crippen molar-refractivity contribution in [3.05, 3.63) is 57.2 Å². The molecule has 1 N–H and O–H groups in total. The van der Waals surface area contributed by atoms with E-state index in [0.29, 0.717) is 23.4 Å². The highest BCUT2D eigenvalue weighted by molar-refractivity contribution is 9.10. The molecule has 2 aromatic rings. The van der Waals surface area contributed by atoms with Crippen LogP contribution in [0.2, 0.25) is 0 Å². The van der Waals surface area contributed by atoms with Gasteiger partial charge < -0.3 is 10.1 Å². The van der Waals surface area contributed by atoms with Crippen LogP contribution in [0.15, 0.2) is 51.4 Å². The normalized spacial score (nSPS) is 10.3. The Balaban J connectivity index is 1.77. The summed E-state index contributed by atoms with van der Waals surface area (Å²) in [6.07, 6.45) is 0. The van der Waals surface area contributed by atoms with Crippen LogP contribution >= 0.6 is 31.9 Å². The summed E-state index contributed by atoms with van der Waals surface area (Å²) in [5.74, 6) is 0.205. The van der Waals surface area contributed by atoms with Gasteiger partial charge in [0.15, 0.2) is 0 Å². The summed E-state index contributed by atoms with van der Waals surface area (Å²) in [6.45, 7) is 1.12. The molecule has 0 bridgehead atoms. The number of anilines is 1. The molecule has 19 heavy (non-hydrogen) atoms. The molecule has 0 aliphatic heterocycles. The molecule has 0 spiro atoms. The van der Waals surface area contributed by atoms with E-state index < -0.39 is 0 Å². The molecule has 0 amide bonds. The lowest BCUT2D eigenvalue weighted by Crippen LogP contribution is -2.11. The van der Waals surface area contributed by atoms with Gasteiger partial charge in [-0.25, -0.2) is 4.39 Å². The van der Waals surface area contributed by atoms with Crippen molar-refractivity contribution in [3.8, 4) is 5.75 Å². The number of hydrogen-bond donors (Lipinski definition) is 1. The molecule has 2 rings (SSSR count). The smallest absolute Gasteiger partial charge is 0.141 e. The van der Waals surface area contributed by atoms with Gasteiger partial charge in [-0.2, -0.15) is 0 Å². The molecule has 0 atom stereocenters. The van der Waals surface area contributed by atoms with Crippen LogP contribution in [0.3, 0.4) is 0 Å². The largest absolute Gasteiger partial charge is 0.492 e. The van der Waals surface area contributed by atoms with E-state index in [1.807, 2.05) is 24.3 Å². The van der Waals surface area contributed by atoms with Crippen LogP contribution in [0.25, 0.3) is 0 Å². The first-order chi connectivity index (χ1) is 9.15. The molecule has 0 saturated carbocycles. The number of rotatable bonds is 5. The van der Waals surface area contributed by atoms with Crippen LogP contribution in [-0.2, 0) is 0 Å². The van der Waals surface area contributed by atoms with Crippen LogP contribution in [0, 0.1) is 5.82 Å². The Morgan fingerprint density at radius 2 is 1.79 bits per heavy atom. The van der Waals surface area contributed by atoms with E-state index >= 15 is 0 Å². The molecule has 0 aliphatic rings. The Labute approximate surface area is 128 Å². The molecule has 0 aromatic heterocycles. The standard InChI is InChI=1S/C14H12Br2FNO/c15-10-1-3-11(4-2-10)18-7-8-19-12-5-6-13(16)14(17)9-12/h1-6,9,18H,7-8H2. The minimum Gasteiger partial charge on any atom is -0.492 e. The predicted octanol–water partition coefficient (Wildman–Crippen LogP) is 4.84. The molecule has 0 unspecified atom stereocenters. The third-order valence-corrected chi connectivity index (χ3v) is 3.61. The van der Waals surface area contributed by atoms with Crippen molar-refractivity contribution in [2.24, 2.45) is 0 Å². The van der Waals surface area contributed by atoms with Gasteiger partial charge in [0.2, 0.25) is 0 Å². The van der Waals surface area contributed by atoms with Gasteiger partial charge in [0.25, 0.3) is 0 Å². The molecular weight excluding hydrogens is 377 g/mol. The van der Waals surface area contributed by atoms with Crippen molar-refractivity contribution < 1.29 is 9.13 Å². The van der Waals surface area contributed by atoms with Gasteiger partial charge in [0.1, 0.15) is 18.2 Å². The molecule has 0 radical (unpaired) electrons. The van der Waals surface area contributed by atoms with E-state index in [1.165, 1.54) is 6.07 Å². The second-order valence-corrected chi connectivity index (χ2v) is 5.63. The van der Waals surface area contributed by atoms with Crippen LogP contribution in [0.4, 0.5) is 10.1 Å². The van der Waals surface area contributed by atoms with Gasteiger partial charge in [0, 0.05) is 22.8 Å². The predicted molar refractivity (Wildman–Crippen MR) is 82.2 cm³/mol. The zero-order valence-electron chi connectivity index (χ0n) is 10.00. The summed E-state index contributed by atoms with van der Waals surface area (Å²) >= 11 is 6.48. The van der Waals surface area contributed by atoms with Crippen LogP contribution < -0.4 is 10.1 Å². The van der Waals surface area contributed by atoms with E-state index in [1.54, 1.807) is 12.1 Å². The van der Waals surface area contributed by atoms with Crippen molar-refractivity contribution >= 4 is 37.5 Å². The molecule has 0 saturated heterocycles. The van der Waals surface area contributed by atoms with Gasteiger partial charge in [-0.15, -0.1) is 0 Å². The van der Waals surface area contributed by atoms with Crippen LogP contribution in [0.1, 0.15) is 0 Å². The van der Waals surface area contributed by atoms with Gasteiger partial charge in [-0.1, -0.05) is 15.9 Å². The van der Waals surface area contributed by atoms with Crippen molar-refractivity contribution in [1.29, 1.82) is 0 Å². The fourth-order valence-corrected chi connectivity index (χ4v) is 2.01. The minimum absolute atomic E-state index is 0.321. The number of ether oxygens (including phenoxy) is 1. The van der Waals surface area contributed by atoms with E-state index in [0.717, 1.165) is 10.2 Å². The molecule has 0 fully saturated rings. The maximum atomic E-state index is 13.2. The fourth-order valence-electron chi connectivity index (χ4n) is 1.50. The second kappa shape index (κ2) is 6.91. The van der Waals surface area contributed by atoms with Crippen molar-refractivity contribution in [2.75, 3.05) is 18.5 Å². The van der Waals surface area contributed by atoms with Gasteiger partial charge in [0.05, 0.1) is 4.47 Å². The van der Waals surface area contributed by atoms with Crippen LogP contribution in [-0.4, -0.2) is 13.2 Å². The first-order valence-corrected chi connectivity index (χ1v) is 7.31. The average Bonchev–Trinajstić information content (AvgIpc) is 2.41. The Morgan fingerprint density at radius 1 is 1.05 bits per heavy atom. The number of halogens is 3. The third kappa shape index (κ3) is 4.51. The number of benzene rings is 2. The summed E-state index contributed by atoms with van der Waals surface area (Å²) in [4.78, 5) is 0. The summed E-state index contributed by atoms with van der Waals surface area (Å²) in [6, 6.07) is 12.6. The fraction of sp³-hybridized carbons (Fsp3) is 0.143. The topological polar surface area (TPSA) is 21.3 Å². The SMILES string of the molecule is Fc1cc(OCCNc2ccc(Br)cc2)ccc1Br. The Bertz CT molecular complexity index is 546. The summed E-state index contributed by atoms with van der Waals surface area (Å²) in [5, 5.41) is 3.22. The zero-order chi connectivity index (χ0) is 13.7. The van der Waals surface area contributed by atoms with E-state index in [4.69, 9.17) is 4.74 Å². The van der Waals surface area contributed by atoms with Crippen LogP contribution in [0.5, 0.6) is 5.75 Å². The van der Waals surface area contributed by atoms with Gasteiger partial charge >= 0.3 is 0 Å². The van der Waals surface area contributed by atoms with Crippen molar-refractivity contribution in [1.82, 2.24) is 0 Å². The van der Waals surface area contributed by atoms with E-state index in [-0.39, 0.29) is 5.82 Å². The summed E-state index contributed by atoms with van der Waals surface area (Å²) < 4.78 is 20.2. The highest BCUT2D eigenvalue weighted by Crippen LogP contribution is 2.20. The molecule has 0 aliphatic carbocycles.